The Bertz CT molecular complexity index is 211. The number of hydrogen-bond donors (Lipinski definition) is 2. The molecule has 0 aromatic heterocycles. The lowest BCUT2D eigenvalue weighted by Gasteiger charge is -2.20. The summed E-state index contributed by atoms with van der Waals surface area (Å²) in [7, 11) is 0. The Hall–Kier alpha value is -0.220. The summed E-state index contributed by atoms with van der Waals surface area (Å²) in [4.78, 5) is 11.7. The maximum atomic E-state index is 11.7. The summed E-state index contributed by atoms with van der Waals surface area (Å²) in [5, 5.41) is 3.74. The van der Waals surface area contributed by atoms with Gasteiger partial charge in [0.15, 0.2) is 0 Å². The molecular formula is C11H22N2OS. The van der Waals surface area contributed by atoms with Crippen LogP contribution in [0.3, 0.4) is 0 Å². The summed E-state index contributed by atoms with van der Waals surface area (Å²) in [6.45, 7) is 2.60. The maximum absolute atomic E-state index is 11.7. The zero-order valence-electron chi connectivity index (χ0n) is 9.66. The largest absolute Gasteiger partial charge is 0.352 e. The van der Waals surface area contributed by atoms with E-state index in [9.17, 15) is 4.79 Å². The molecule has 0 spiro atoms. The van der Waals surface area contributed by atoms with Crippen molar-refractivity contribution in [1.29, 1.82) is 0 Å². The molecule has 3 N–H and O–H groups in total. The predicted octanol–water partition coefficient (Wildman–Crippen LogP) is 1.37. The Kier molecular flexibility index (Phi) is 5.47. The van der Waals surface area contributed by atoms with Gasteiger partial charge < -0.3 is 11.1 Å². The Labute approximate surface area is 96.6 Å². The topological polar surface area (TPSA) is 55.1 Å². The van der Waals surface area contributed by atoms with E-state index in [1.165, 1.54) is 12.8 Å². The summed E-state index contributed by atoms with van der Waals surface area (Å²) in [5.74, 6) is 0.457. The molecule has 0 bridgehead atoms. The van der Waals surface area contributed by atoms with Gasteiger partial charge in [-0.15, -0.1) is 0 Å². The molecule has 1 aliphatic carbocycles. The molecule has 1 rings (SSSR count). The average Bonchev–Trinajstić information content (AvgIpc) is 2.64. The van der Waals surface area contributed by atoms with Gasteiger partial charge in [-0.3, -0.25) is 4.79 Å². The highest BCUT2D eigenvalue weighted by Crippen LogP contribution is 2.28. The summed E-state index contributed by atoms with van der Waals surface area (Å²) in [5.41, 5.74) is 5.50. The molecule has 3 atom stereocenters. The Morgan fingerprint density at radius 3 is 2.93 bits per heavy atom. The molecule has 1 aliphatic rings. The first kappa shape index (κ1) is 12.8. The van der Waals surface area contributed by atoms with E-state index < -0.39 is 0 Å². The number of nitrogens with one attached hydrogen (secondary N) is 1. The quantitative estimate of drug-likeness (QED) is 0.750. The molecule has 1 amide bonds. The second kappa shape index (κ2) is 6.38. The van der Waals surface area contributed by atoms with Crippen LogP contribution in [0.25, 0.3) is 0 Å². The molecule has 0 aromatic carbocycles. The molecule has 0 saturated heterocycles. The first-order valence-corrected chi connectivity index (χ1v) is 6.98. The maximum Gasteiger partial charge on any atom is 0.220 e. The van der Waals surface area contributed by atoms with Gasteiger partial charge in [-0.25, -0.2) is 0 Å². The van der Waals surface area contributed by atoms with Crippen LogP contribution in [0.5, 0.6) is 0 Å². The Morgan fingerprint density at radius 2 is 2.33 bits per heavy atom. The van der Waals surface area contributed by atoms with Crippen molar-refractivity contribution in [3.05, 3.63) is 0 Å². The van der Waals surface area contributed by atoms with Crippen LogP contribution >= 0.6 is 11.8 Å². The minimum Gasteiger partial charge on any atom is -0.352 e. The van der Waals surface area contributed by atoms with Crippen molar-refractivity contribution < 1.29 is 4.79 Å². The third kappa shape index (κ3) is 4.03. The van der Waals surface area contributed by atoms with E-state index in [1.54, 1.807) is 0 Å². The van der Waals surface area contributed by atoms with E-state index in [0.29, 0.717) is 30.2 Å². The summed E-state index contributed by atoms with van der Waals surface area (Å²) < 4.78 is 0. The average molecular weight is 230 g/mol. The Balaban J connectivity index is 2.30. The number of rotatable bonds is 5. The van der Waals surface area contributed by atoms with Crippen molar-refractivity contribution >= 4 is 17.7 Å². The summed E-state index contributed by atoms with van der Waals surface area (Å²) in [6, 6.07) is 0.387. The van der Waals surface area contributed by atoms with Crippen LogP contribution in [0.1, 0.15) is 32.6 Å². The van der Waals surface area contributed by atoms with Crippen molar-refractivity contribution in [2.45, 2.75) is 43.9 Å². The molecule has 88 valence electrons. The molecular weight excluding hydrogens is 208 g/mol. The zero-order valence-corrected chi connectivity index (χ0v) is 10.5. The molecule has 4 heteroatoms. The highest BCUT2D eigenvalue weighted by molar-refractivity contribution is 7.99. The van der Waals surface area contributed by atoms with Crippen LogP contribution in [0.15, 0.2) is 0 Å². The molecule has 0 aromatic rings. The minimum absolute atomic E-state index is 0.166. The van der Waals surface area contributed by atoms with E-state index in [-0.39, 0.29) is 5.91 Å². The van der Waals surface area contributed by atoms with Crippen LogP contribution in [-0.4, -0.2) is 30.0 Å². The highest BCUT2D eigenvalue weighted by atomic mass is 32.2. The van der Waals surface area contributed by atoms with E-state index >= 15 is 0 Å². The number of hydrogen-bond acceptors (Lipinski definition) is 3. The number of amides is 1. The van der Waals surface area contributed by atoms with E-state index in [1.807, 2.05) is 18.7 Å². The van der Waals surface area contributed by atoms with Gasteiger partial charge in [-0.2, -0.15) is 11.8 Å². The van der Waals surface area contributed by atoms with Crippen LogP contribution in [-0.2, 0) is 4.79 Å². The van der Waals surface area contributed by atoms with Gasteiger partial charge in [0.25, 0.3) is 0 Å². The van der Waals surface area contributed by atoms with Gasteiger partial charge >= 0.3 is 0 Å². The van der Waals surface area contributed by atoms with E-state index in [2.05, 4.69) is 11.6 Å². The lowest BCUT2D eigenvalue weighted by atomic mass is 10.1. The molecule has 0 heterocycles. The SMILES string of the molecule is CSC1CCCC1NC(=O)CC(C)CN. The fourth-order valence-electron chi connectivity index (χ4n) is 2.04. The number of thioether (sulfide) groups is 1. The predicted molar refractivity (Wildman–Crippen MR) is 65.9 cm³/mol. The second-order valence-electron chi connectivity index (χ2n) is 4.42. The van der Waals surface area contributed by atoms with Crippen molar-refractivity contribution in [3.63, 3.8) is 0 Å². The van der Waals surface area contributed by atoms with Gasteiger partial charge in [-0.1, -0.05) is 13.3 Å². The fraction of sp³-hybridized carbons (Fsp3) is 0.909. The normalized spacial score (nSPS) is 27.7. The second-order valence-corrected chi connectivity index (χ2v) is 5.50. The van der Waals surface area contributed by atoms with Crippen molar-refractivity contribution in [2.24, 2.45) is 11.7 Å². The van der Waals surface area contributed by atoms with Crippen molar-refractivity contribution in [2.75, 3.05) is 12.8 Å². The van der Waals surface area contributed by atoms with Gasteiger partial charge in [0.1, 0.15) is 0 Å². The fourth-order valence-corrected chi connectivity index (χ4v) is 2.97. The molecule has 0 aliphatic heterocycles. The Morgan fingerprint density at radius 1 is 1.60 bits per heavy atom. The van der Waals surface area contributed by atoms with Gasteiger partial charge in [0.05, 0.1) is 0 Å². The molecule has 3 nitrogen and oxygen atoms in total. The number of carbonyl (C=O) groups is 1. The molecule has 1 fully saturated rings. The molecule has 0 radical (unpaired) electrons. The van der Waals surface area contributed by atoms with Crippen molar-refractivity contribution in [3.8, 4) is 0 Å². The van der Waals surface area contributed by atoms with Gasteiger partial charge in [0, 0.05) is 17.7 Å². The van der Waals surface area contributed by atoms with Gasteiger partial charge in [-0.05, 0) is 31.6 Å². The van der Waals surface area contributed by atoms with Crippen LogP contribution in [0.2, 0.25) is 0 Å². The van der Waals surface area contributed by atoms with E-state index in [0.717, 1.165) is 6.42 Å². The van der Waals surface area contributed by atoms with Crippen LogP contribution < -0.4 is 11.1 Å². The zero-order chi connectivity index (χ0) is 11.3. The first-order chi connectivity index (χ1) is 7.17. The van der Waals surface area contributed by atoms with Gasteiger partial charge in [0.2, 0.25) is 5.91 Å². The highest BCUT2D eigenvalue weighted by Gasteiger charge is 2.27. The number of nitrogens with two attached hydrogens (primary N) is 1. The number of carbonyl (C=O) groups excluding carboxylic acids is 1. The lowest BCUT2D eigenvalue weighted by Crippen LogP contribution is -2.39. The first-order valence-electron chi connectivity index (χ1n) is 5.69. The third-order valence-electron chi connectivity index (χ3n) is 3.04. The smallest absolute Gasteiger partial charge is 0.220 e. The molecule has 3 unspecified atom stereocenters. The van der Waals surface area contributed by atoms with Crippen molar-refractivity contribution in [1.82, 2.24) is 5.32 Å². The monoisotopic (exact) mass is 230 g/mol. The van der Waals surface area contributed by atoms with Crippen LogP contribution in [0.4, 0.5) is 0 Å². The lowest BCUT2D eigenvalue weighted by molar-refractivity contribution is -0.122. The standard InChI is InChI=1S/C11H22N2OS/c1-8(7-12)6-11(14)13-9-4-3-5-10(9)15-2/h8-10H,3-7,12H2,1-2H3,(H,13,14). The molecule has 1 saturated carbocycles. The summed E-state index contributed by atoms with van der Waals surface area (Å²) in [6.07, 6.45) is 6.29. The minimum atomic E-state index is 0.166. The van der Waals surface area contributed by atoms with Crippen LogP contribution in [0, 0.1) is 5.92 Å². The van der Waals surface area contributed by atoms with E-state index in [4.69, 9.17) is 5.73 Å². The molecule has 15 heavy (non-hydrogen) atoms. The third-order valence-corrected chi connectivity index (χ3v) is 4.21. The summed E-state index contributed by atoms with van der Waals surface area (Å²) >= 11 is 1.87.